The molecule has 1 aromatic rings. The number of carboxylic acids is 1. The molecule has 110 valence electrons. The Labute approximate surface area is 126 Å². The van der Waals surface area contributed by atoms with Crippen LogP contribution in [0.1, 0.15) is 25.8 Å². The molecule has 1 aliphatic rings. The van der Waals surface area contributed by atoms with Gasteiger partial charge in [-0.05, 0) is 44.5 Å². The van der Waals surface area contributed by atoms with E-state index in [1.807, 2.05) is 12.1 Å². The number of halogens is 1. The number of aliphatic carboxylic acids is 1. The van der Waals surface area contributed by atoms with Crippen LogP contribution < -0.4 is 14.8 Å². The van der Waals surface area contributed by atoms with Crippen molar-refractivity contribution in [1.29, 1.82) is 0 Å². The smallest absolute Gasteiger partial charge is 0.309 e. The van der Waals surface area contributed by atoms with Crippen molar-refractivity contribution in [3.8, 4) is 11.5 Å². The number of nitrogens with one attached hydrogen (secondary N) is 1. The van der Waals surface area contributed by atoms with E-state index < -0.39 is 11.4 Å². The second kappa shape index (κ2) is 6.01. The fraction of sp³-hybridized carbons (Fsp3) is 0.500. The molecule has 0 unspecified atom stereocenters. The van der Waals surface area contributed by atoms with E-state index in [1.54, 1.807) is 13.8 Å². The largest absolute Gasteiger partial charge is 0.481 e. The standard InChI is InChI=1S/C14H18BrNO4/c1-14(2,13(17)18)3-4-16-7-9-5-11-12(6-10(9)15)20-8-19-11/h5-6,16H,3-4,7-8H2,1-2H3,(H,17,18). The van der Waals surface area contributed by atoms with Crippen LogP contribution in [0.4, 0.5) is 0 Å². The zero-order valence-corrected chi connectivity index (χ0v) is 13.1. The Morgan fingerprint density at radius 1 is 1.40 bits per heavy atom. The first-order chi connectivity index (χ1) is 9.40. The maximum atomic E-state index is 11.0. The molecule has 0 bridgehead atoms. The summed E-state index contributed by atoms with van der Waals surface area (Å²) < 4.78 is 11.6. The minimum Gasteiger partial charge on any atom is -0.481 e. The zero-order valence-electron chi connectivity index (χ0n) is 11.5. The van der Waals surface area contributed by atoms with E-state index in [0.717, 1.165) is 21.5 Å². The lowest BCUT2D eigenvalue weighted by Crippen LogP contribution is -2.28. The fourth-order valence-corrected chi connectivity index (χ4v) is 2.29. The van der Waals surface area contributed by atoms with Gasteiger partial charge < -0.3 is 19.9 Å². The minimum absolute atomic E-state index is 0.255. The highest BCUT2D eigenvalue weighted by atomic mass is 79.9. The lowest BCUT2D eigenvalue weighted by Gasteiger charge is -2.19. The highest BCUT2D eigenvalue weighted by Gasteiger charge is 2.26. The lowest BCUT2D eigenvalue weighted by molar-refractivity contribution is -0.147. The van der Waals surface area contributed by atoms with Gasteiger partial charge in [0.1, 0.15) is 0 Å². The molecule has 2 N–H and O–H groups in total. The third kappa shape index (κ3) is 3.43. The fourth-order valence-electron chi connectivity index (χ4n) is 1.83. The zero-order chi connectivity index (χ0) is 14.8. The van der Waals surface area contributed by atoms with Crippen LogP contribution in [0.25, 0.3) is 0 Å². The van der Waals surface area contributed by atoms with Gasteiger partial charge in [-0.15, -0.1) is 0 Å². The average molecular weight is 344 g/mol. The second-order valence-electron chi connectivity index (χ2n) is 5.41. The van der Waals surface area contributed by atoms with Crippen molar-refractivity contribution in [2.45, 2.75) is 26.8 Å². The highest BCUT2D eigenvalue weighted by molar-refractivity contribution is 9.10. The molecule has 2 rings (SSSR count). The molecule has 5 nitrogen and oxygen atoms in total. The summed E-state index contributed by atoms with van der Waals surface area (Å²) in [5.41, 5.74) is 0.349. The van der Waals surface area contributed by atoms with Crippen LogP contribution in [0.15, 0.2) is 16.6 Å². The van der Waals surface area contributed by atoms with Crippen LogP contribution in [0.5, 0.6) is 11.5 Å². The number of hydrogen-bond donors (Lipinski definition) is 2. The van der Waals surface area contributed by atoms with Crippen molar-refractivity contribution in [1.82, 2.24) is 5.32 Å². The minimum atomic E-state index is -0.774. The Hall–Kier alpha value is -1.27. The first kappa shape index (κ1) is 15.1. The number of hydrogen-bond acceptors (Lipinski definition) is 4. The average Bonchev–Trinajstić information content (AvgIpc) is 2.81. The lowest BCUT2D eigenvalue weighted by atomic mass is 9.90. The Bertz CT molecular complexity index is 516. The molecule has 0 amide bonds. The van der Waals surface area contributed by atoms with E-state index in [1.165, 1.54) is 0 Å². The maximum absolute atomic E-state index is 11.0. The highest BCUT2D eigenvalue weighted by Crippen LogP contribution is 2.36. The van der Waals surface area contributed by atoms with Gasteiger partial charge >= 0.3 is 5.97 Å². The third-order valence-electron chi connectivity index (χ3n) is 3.36. The Kier molecular flexibility index (Phi) is 4.55. The van der Waals surface area contributed by atoms with Crippen molar-refractivity contribution in [3.63, 3.8) is 0 Å². The summed E-state index contributed by atoms with van der Waals surface area (Å²) in [4.78, 5) is 11.0. The van der Waals surface area contributed by atoms with E-state index in [4.69, 9.17) is 14.6 Å². The van der Waals surface area contributed by atoms with Crippen LogP contribution in [0, 0.1) is 5.41 Å². The van der Waals surface area contributed by atoms with Gasteiger partial charge in [-0.1, -0.05) is 15.9 Å². The van der Waals surface area contributed by atoms with Crippen molar-refractivity contribution in [2.75, 3.05) is 13.3 Å². The summed E-state index contributed by atoms with van der Waals surface area (Å²) in [6.45, 7) is 5.00. The molecule has 0 aliphatic carbocycles. The van der Waals surface area contributed by atoms with Crippen LogP contribution in [0.2, 0.25) is 0 Å². The first-order valence-electron chi connectivity index (χ1n) is 6.42. The van der Waals surface area contributed by atoms with Crippen LogP contribution in [0.3, 0.4) is 0 Å². The molecule has 0 atom stereocenters. The van der Waals surface area contributed by atoms with Crippen molar-refractivity contribution < 1.29 is 19.4 Å². The van der Waals surface area contributed by atoms with Gasteiger partial charge in [0.05, 0.1) is 5.41 Å². The van der Waals surface area contributed by atoms with Gasteiger partial charge in [0.25, 0.3) is 0 Å². The number of fused-ring (bicyclic) bond motifs is 1. The molecule has 0 aromatic heterocycles. The molecule has 1 aromatic carbocycles. The summed E-state index contributed by atoms with van der Waals surface area (Å²) in [7, 11) is 0. The molecule has 1 aliphatic heterocycles. The van der Waals surface area contributed by atoms with Gasteiger partial charge in [-0.25, -0.2) is 0 Å². The monoisotopic (exact) mass is 343 g/mol. The van der Waals surface area contributed by atoms with Gasteiger partial charge in [0, 0.05) is 11.0 Å². The molecular formula is C14H18BrNO4. The molecule has 0 saturated carbocycles. The Morgan fingerprint density at radius 2 is 2.05 bits per heavy atom. The number of benzene rings is 1. The van der Waals surface area contributed by atoms with Crippen LogP contribution in [-0.4, -0.2) is 24.4 Å². The molecular weight excluding hydrogens is 326 g/mol. The number of rotatable bonds is 6. The van der Waals surface area contributed by atoms with Crippen LogP contribution in [-0.2, 0) is 11.3 Å². The predicted molar refractivity (Wildman–Crippen MR) is 78.0 cm³/mol. The maximum Gasteiger partial charge on any atom is 0.309 e. The van der Waals surface area contributed by atoms with Crippen LogP contribution >= 0.6 is 15.9 Å². The topological polar surface area (TPSA) is 67.8 Å². The van der Waals surface area contributed by atoms with Gasteiger partial charge in [-0.2, -0.15) is 0 Å². The summed E-state index contributed by atoms with van der Waals surface area (Å²) in [5, 5.41) is 12.3. The number of ether oxygens (including phenoxy) is 2. The normalized spacial score (nSPS) is 13.6. The van der Waals surface area contributed by atoms with E-state index in [2.05, 4.69) is 21.2 Å². The van der Waals surface area contributed by atoms with Gasteiger partial charge in [0.2, 0.25) is 6.79 Å². The SMILES string of the molecule is CC(C)(CCNCc1cc2c(cc1Br)OCO2)C(=O)O. The summed E-state index contributed by atoms with van der Waals surface area (Å²) in [5.74, 6) is 0.715. The first-order valence-corrected chi connectivity index (χ1v) is 7.21. The molecule has 6 heteroatoms. The Balaban J connectivity index is 1.87. The van der Waals surface area contributed by atoms with Crippen molar-refractivity contribution >= 4 is 21.9 Å². The molecule has 20 heavy (non-hydrogen) atoms. The molecule has 0 saturated heterocycles. The summed E-state index contributed by atoms with van der Waals surface area (Å²) in [6, 6.07) is 3.82. The predicted octanol–water partition coefficient (Wildman–Crippen LogP) is 2.77. The van der Waals surface area contributed by atoms with E-state index in [0.29, 0.717) is 19.5 Å². The van der Waals surface area contributed by atoms with E-state index >= 15 is 0 Å². The summed E-state index contributed by atoms with van der Waals surface area (Å²) >= 11 is 3.50. The Morgan fingerprint density at radius 3 is 2.70 bits per heavy atom. The van der Waals surface area contributed by atoms with Crippen molar-refractivity contribution in [2.24, 2.45) is 5.41 Å². The molecule has 0 fully saturated rings. The van der Waals surface area contributed by atoms with E-state index in [9.17, 15) is 4.79 Å². The number of carboxylic acid groups (broad SMARTS) is 1. The van der Waals surface area contributed by atoms with Crippen molar-refractivity contribution in [3.05, 3.63) is 22.2 Å². The molecule has 1 heterocycles. The molecule has 0 radical (unpaired) electrons. The van der Waals surface area contributed by atoms with Gasteiger partial charge in [-0.3, -0.25) is 4.79 Å². The van der Waals surface area contributed by atoms with E-state index in [-0.39, 0.29) is 6.79 Å². The molecule has 0 spiro atoms. The number of carbonyl (C=O) groups is 1. The quantitative estimate of drug-likeness (QED) is 0.777. The second-order valence-corrected chi connectivity index (χ2v) is 6.27. The third-order valence-corrected chi connectivity index (χ3v) is 4.10. The van der Waals surface area contributed by atoms with Gasteiger partial charge in [0.15, 0.2) is 11.5 Å². The summed E-state index contributed by atoms with van der Waals surface area (Å²) in [6.07, 6.45) is 0.574.